The van der Waals surface area contributed by atoms with E-state index in [1.807, 2.05) is 18.2 Å². The molecule has 0 amide bonds. The van der Waals surface area contributed by atoms with Gasteiger partial charge < -0.3 is 0 Å². The van der Waals surface area contributed by atoms with Crippen LogP contribution in [-0.2, 0) is 6.42 Å². The van der Waals surface area contributed by atoms with E-state index in [0.717, 1.165) is 18.4 Å². The largest absolute Gasteiger partial charge is 0.294 e. The zero-order chi connectivity index (χ0) is 11.1. The van der Waals surface area contributed by atoms with E-state index < -0.39 is 0 Å². The standard InChI is InChI=1S/C14H18O/c1-14(2,3)12-9-8-10-6-4-5-7-11(10)13(12)15/h4-7,12H,8-9H2,1-3H3/t12-/m1/s1. The van der Waals surface area contributed by atoms with Gasteiger partial charge in [-0.25, -0.2) is 0 Å². The number of rotatable bonds is 0. The minimum atomic E-state index is 0.0879. The zero-order valence-electron chi connectivity index (χ0n) is 9.71. The highest BCUT2D eigenvalue weighted by molar-refractivity contribution is 6.00. The summed E-state index contributed by atoms with van der Waals surface area (Å²) in [6, 6.07) is 8.02. The topological polar surface area (TPSA) is 17.1 Å². The van der Waals surface area contributed by atoms with E-state index >= 15 is 0 Å². The molecule has 0 saturated heterocycles. The minimum absolute atomic E-state index is 0.0879. The van der Waals surface area contributed by atoms with Crippen molar-refractivity contribution in [1.82, 2.24) is 0 Å². The van der Waals surface area contributed by atoms with Crippen molar-refractivity contribution in [2.24, 2.45) is 11.3 Å². The van der Waals surface area contributed by atoms with E-state index in [4.69, 9.17) is 0 Å². The Hall–Kier alpha value is -1.11. The first-order valence-electron chi connectivity index (χ1n) is 5.62. The predicted molar refractivity (Wildman–Crippen MR) is 62.0 cm³/mol. The summed E-state index contributed by atoms with van der Waals surface area (Å²) in [6.07, 6.45) is 2.04. The number of Topliss-reactive ketones (excluding diaryl/α,β-unsaturated/α-hetero) is 1. The molecule has 0 aliphatic heterocycles. The number of aryl methyl sites for hydroxylation is 1. The third-order valence-corrected chi connectivity index (χ3v) is 3.35. The number of carbonyl (C=O) groups is 1. The second-order valence-corrected chi connectivity index (χ2v) is 5.48. The maximum absolute atomic E-state index is 12.3. The average Bonchev–Trinajstić information content (AvgIpc) is 2.16. The fraction of sp³-hybridized carbons (Fsp3) is 0.500. The van der Waals surface area contributed by atoms with Crippen LogP contribution < -0.4 is 0 Å². The Morgan fingerprint density at radius 1 is 1.20 bits per heavy atom. The van der Waals surface area contributed by atoms with Gasteiger partial charge in [0.05, 0.1) is 0 Å². The van der Waals surface area contributed by atoms with E-state index in [1.165, 1.54) is 5.56 Å². The number of hydrogen-bond acceptors (Lipinski definition) is 1. The summed E-state index contributed by atoms with van der Waals surface area (Å²) in [7, 11) is 0. The van der Waals surface area contributed by atoms with Crippen molar-refractivity contribution in [2.75, 3.05) is 0 Å². The van der Waals surface area contributed by atoms with Gasteiger partial charge in [-0.1, -0.05) is 45.0 Å². The molecule has 1 aromatic carbocycles. The van der Waals surface area contributed by atoms with Gasteiger partial charge in [0.25, 0.3) is 0 Å². The van der Waals surface area contributed by atoms with Gasteiger partial charge in [-0.3, -0.25) is 4.79 Å². The maximum Gasteiger partial charge on any atom is 0.166 e. The van der Waals surface area contributed by atoms with E-state index in [2.05, 4.69) is 26.8 Å². The van der Waals surface area contributed by atoms with E-state index in [1.54, 1.807) is 0 Å². The van der Waals surface area contributed by atoms with Crippen LogP contribution in [0, 0.1) is 11.3 Å². The van der Waals surface area contributed by atoms with Gasteiger partial charge in [-0.15, -0.1) is 0 Å². The molecule has 0 unspecified atom stereocenters. The second kappa shape index (κ2) is 3.48. The number of fused-ring (bicyclic) bond motifs is 1. The fourth-order valence-corrected chi connectivity index (χ4v) is 2.42. The normalized spacial score (nSPS) is 21.3. The molecule has 0 N–H and O–H groups in total. The molecule has 0 heterocycles. The Kier molecular flexibility index (Phi) is 2.41. The molecule has 0 bridgehead atoms. The van der Waals surface area contributed by atoms with Gasteiger partial charge in [0.1, 0.15) is 0 Å². The first-order chi connectivity index (χ1) is 7.00. The molecular formula is C14H18O. The third-order valence-electron chi connectivity index (χ3n) is 3.35. The van der Waals surface area contributed by atoms with Crippen LogP contribution in [0.1, 0.15) is 43.1 Å². The minimum Gasteiger partial charge on any atom is -0.294 e. The van der Waals surface area contributed by atoms with Crippen molar-refractivity contribution >= 4 is 5.78 Å². The number of hydrogen-bond donors (Lipinski definition) is 0. The van der Waals surface area contributed by atoms with Gasteiger partial charge >= 0.3 is 0 Å². The number of carbonyl (C=O) groups excluding carboxylic acids is 1. The maximum atomic E-state index is 12.3. The van der Waals surface area contributed by atoms with Crippen LogP contribution in [0.2, 0.25) is 0 Å². The highest BCUT2D eigenvalue weighted by atomic mass is 16.1. The Labute approximate surface area is 91.5 Å². The van der Waals surface area contributed by atoms with Crippen LogP contribution in [0.4, 0.5) is 0 Å². The van der Waals surface area contributed by atoms with Crippen molar-refractivity contribution in [2.45, 2.75) is 33.6 Å². The molecule has 0 fully saturated rings. The molecule has 0 radical (unpaired) electrons. The van der Waals surface area contributed by atoms with Gasteiger partial charge in [-0.2, -0.15) is 0 Å². The Morgan fingerprint density at radius 3 is 2.53 bits per heavy atom. The van der Waals surface area contributed by atoms with Crippen LogP contribution in [0.15, 0.2) is 24.3 Å². The van der Waals surface area contributed by atoms with E-state index in [9.17, 15) is 4.79 Å². The highest BCUT2D eigenvalue weighted by Gasteiger charge is 2.35. The van der Waals surface area contributed by atoms with Crippen molar-refractivity contribution in [3.63, 3.8) is 0 Å². The fourth-order valence-electron chi connectivity index (χ4n) is 2.42. The van der Waals surface area contributed by atoms with Gasteiger partial charge in [0.2, 0.25) is 0 Å². The third kappa shape index (κ3) is 1.83. The molecule has 1 aliphatic carbocycles. The predicted octanol–water partition coefficient (Wildman–Crippen LogP) is 3.48. The van der Waals surface area contributed by atoms with Crippen LogP contribution >= 0.6 is 0 Å². The molecule has 0 aromatic heterocycles. The summed E-state index contributed by atoms with van der Waals surface area (Å²) >= 11 is 0. The van der Waals surface area contributed by atoms with E-state index in [-0.39, 0.29) is 11.3 Å². The highest BCUT2D eigenvalue weighted by Crippen LogP contribution is 2.36. The Bertz CT molecular complexity index is 385. The lowest BCUT2D eigenvalue weighted by molar-refractivity contribution is 0.0788. The molecule has 0 spiro atoms. The molecule has 1 aromatic rings. The van der Waals surface area contributed by atoms with Crippen molar-refractivity contribution in [3.8, 4) is 0 Å². The first kappa shape index (κ1) is 10.4. The van der Waals surface area contributed by atoms with Crippen molar-refractivity contribution in [3.05, 3.63) is 35.4 Å². The van der Waals surface area contributed by atoms with Crippen LogP contribution in [0.5, 0.6) is 0 Å². The molecule has 1 nitrogen and oxygen atoms in total. The van der Waals surface area contributed by atoms with Gasteiger partial charge in [-0.05, 0) is 23.8 Å². The summed E-state index contributed by atoms with van der Waals surface area (Å²) < 4.78 is 0. The Balaban J connectivity index is 2.38. The van der Waals surface area contributed by atoms with E-state index in [0.29, 0.717) is 5.78 Å². The molecule has 0 saturated carbocycles. The molecule has 1 heteroatoms. The summed E-state index contributed by atoms with van der Waals surface area (Å²) in [6.45, 7) is 6.47. The zero-order valence-corrected chi connectivity index (χ0v) is 9.71. The summed E-state index contributed by atoms with van der Waals surface area (Å²) in [5.41, 5.74) is 2.26. The molecule has 2 rings (SSSR count). The SMILES string of the molecule is CC(C)(C)[C@@H]1CCc2ccccc2C1=O. The van der Waals surface area contributed by atoms with Crippen molar-refractivity contribution < 1.29 is 4.79 Å². The number of ketones is 1. The molecule has 15 heavy (non-hydrogen) atoms. The van der Waals surface area contributed by atoms with Crippen LogP contribution in [0.3, 0.4) is 0 Å². The summed E-state index contributed by atoms with van der Waals surface area (Å²) in [4.78, 5) is 12.3. The van der Waals surface area contributed by atoms with Crippen LogP contribution in [-0.4, -0.2) is 5.78 Å². The molecular weight excluding hydrogens is 184 g/mol. The lowest BCUT2D eigenvalue weighted by atomic mass is 9.70. The smallest absolute Gasteiger partial charge is 0.166 e. The monoisotopic (exact) mass is 202 g/mol. The lowest BCUT2D eigenvalue weighted by Gasteiger charge is -2.33. The molecule has 1 atom stereocenters. The average molecular weight is 202 g/mol. The van der Waals surface area contributed by atoms with Gasteiger partial charge in [0, 0.05) is 11.5 Å². The Morgan fingerprint density at radius 2 is 1.87 bits per heavy atom. The van der Waals surface area contributed by atoms with Gasteiger partial charge in [0.15, 0.2) is 5.78 Å². The lowest BCUT2D eigenvalue weighted by Crippen LogP contribution is -2.32. The molecule has 1 aliphatic rings. The summed E-state index contributed by atoms with van der Waals surface area (Å²) in [5.74, 6) is 0.525. The quantitative estimate of drug-likeness (QED) is 0.629. The second-order valence-electron chi connectivity index (χ2n) is 5.48. The summed E-state index contributed by atoms with van der Waals surface area (Å²) in [5, 5.41) is 0. The number of benzene rings is 1. The van der Waals surface area contributed by atoms with Crippen LogP contribution in [0.25, 0.3) is 0 Å². The first-order valence-corrected chi connectivity index (χ1v) is 5.62. The van der Waals surface area contributed by atoms with Crippen molar-refractivity contribution in [1.29, 1.82) is 0 Å². The molecule has 80 valence electrons.